The van der Waals surface area contributed by atoms with Crippen molar-refractivity contribution in [2.24, 2.45) is 5.92 Å². The van der Waals surface area contributed by atoms with E-state index in [4.69, 9.17) is 4.74 Å². The number of rotatable bonds is 10. The number of thioether (sulfide) groups is 1. The number of aromatic nitrogens is 2. The number of ether oxygens (including phenoxy) is 1. The zero-order valence-electron chi connectivity index (χ0n) is 15.9. The highest BCUT2D eigenvalue weighted by Crippen LogP contribution is 2.32. The van der Waals surface area contributed by atoms with Crippen molar-refractivity contribution in [1.82, 2.24) is 14.9 Å². The Labute approximate surface area is 163 Å². The van der Waals surface area contributed by atoms with Crippen LogP contribution in [-0.4, -0.2) is 40.5 Å². The molecule has 1 saturated carbocycles. The number of amides is 1. The lowest BCUT2D eigenvalue weighted by atomic mass is 10.2. The van der Waals surface area contributed by atoms with Crippen molar-refractivity contribution in [2.75, 3.05) is 19.0 Å². The molecule has 146 valence electrons. The Kier molecular flexibility index (Phi) is 6.90. The quantitative estimate of drug-likeness (QED) is 0.384. The molecule has 3 rings (SSSR count). The Morgan fingerprint density at radius 3 is 2.93 bits per heavy atom. The van der Waals surface area contributed by atoms with Gasteiger partial charge in [-0.15, -0.1) is 0 Å². The van der Waals surface area contributed by atoms with Crippen LogP contribution >= 0.6 is 11.8 Å². The van der Waals surface area contributed by atoms with E-state index in [-0.39, 0.29) is 23.3 Å². The van der Waals surface area contributed by atoms with Gasteiger partial charge in [0, 0.05) is 25.8 Å². The third-order valence-electron chi connectivity index (χ3n) is 4.75. The van der Waals surface area contributed by atoms with Gasteiger partial charge in [0.05, 0.1) is 16.7 Å². The average molecular weight is 390 g/mol. The van der Waals surface area contributed by atoms with Gasteiger partial charge >= 0.3 is 0 Å². The predicted molar refractivity (Wildman–Crippen MR) is 108 cm³/mol. The molecular formula is C20H27N3O3S. The predicted octanol–water partition coefficient (Wildman–Crippen LogP) is 2.83. The largest absolute Gasteiger partial charge is 0.382 e. The van der Waals surface area contributed by atoms with Gasteiger partial charge in [0.2, 0.25) is 5.91 Å². The minimum absolute atomic E-state index is 0.0114. The first-order valence-corrected chi connectivity index (χ1v) is 10.6. The molecule has 0 spiro atoms. The molecule has 0 aliphatic heterocycles. The molecule has 1 amide bonds. The molecule has 0 radical (unpaired) electrons. The molecule has 1 heterocycles. The third-order valence-corrected chi connectivity index (χ3v) is 5.73. The zero-order valence-corrected chi connectivity index (χ0v) is 16.8. The standard InChI is InChI=1S/C20H27N3O3S/c1-3-26-12-6-11-23-19(25)16-7-4-5-8-17(16)22-20(23)27-13-18(24)21-14(2)15-9-10-15/h4-5,7-8,14-15H,3,6,9-13H2,1-2H3,(H,21,24)/t14-/m1/s1. The van der Waals surface area contributed by atoms with Crippen molar-refractivity contribution >= 4 is 28.6 Å². The van der Waals surface area contributed by atoms with E-state index in [1.807, 2.05) is 25.1 Å². The highest BCUT2D eigenvalue weighted by Gasteiger charge is 2.28. The first kappa shape index (κ1) is 19.9. The lowest BCUT2D eigenvalue weighted by molar-refractivity contribution is -0.119. The fourth-order valence-electron chi connectivity index (χ4n) is 3.06. The van der Waals surface area contributed by atoms with Crippen molar-refractivity contribution in [3.63, 3.8) is 0 Å². The minimum Gasteiger partial charge on any atom is -0.382 e. The summed E-state index contributed by atoms with van der Waals surface area (Å²) in [6.07, 6.45) is 3.12. The van der Waals surface area contributed by atoms with E-state index in [2.05, 4.69) is 17.2 Å². The highest BCUT2D eigenvalue weighted by atomic mass is 32.2. The number of carbonyl (C=O) groups is 1. The van der Waals surface area contributed by atoms with Crippen LogP contribution in [0.25, 0.3) is 10.9 Å². The van der Waals surface area contributed by atoms with Gasteiger partial charge in [-0.1, -0.05) is 23.9 Å². The SMILES string of the molecule is CCOCCCn1c(SCC(=O)N[C@H](C)C2CC2)nc2ccccc2c1=O. The van der Waals surface area contributed by atoms with E-state index in [1.54, 1.807) is 10.6 Å². The van der Waals surface area contributed by atoms with Crippen LogP contribution in [0.5, 0.6) is 0 Å². The number of nitrogens with zero attached hydrogens (tertiary/aromatic N) is 2. The van der Waals surface area contributed by atoms with Crippen LogP contribution in [0, 0.1) is 5.92 Å². The maximum atomic E-state index is 12.9. The zero-order chi connectivity index (χ0) is 19.2. The number of fused-ring (bicyclic) bond motifs is 1. The van der Waals surface area contributed by atoms with Crippen LogP contribution < -0.4 is 10.9 Å². The topological polar surface area (TPSA) is 73.2 Å². The third kappa shape index (κ3) is 5.32. The summed E-state index contributed by atoms with van der Waals surface area (Å²) in [4.78, 5) is 29.8. The summed E-state index contributed by atoms with van der Waals surface area (Å²) in [5.41, 5.74) is 0.601. The van der Waals surface area contributed by atoms with Crippen molar-refractivity contribution in [1.29, 1.82) is 0 Å². The monoisotopic (exact) mass is 389 g/mol. The van der Waals surface area contributed by atoms with E-state index < -0.39 is 0 Å². The first-order valence-electron chi connectivity index (χ1n) is 9.59. The molecule has 1 atom stereocenters. The summed E-state index contributed by atoms with van der Waals surface area (Å²) in [5.74, 6) is 0.866. The van der Waals surface area contributed by atoms with Crippen molar-refractivity contribution in [2.45, 2.75) is 50.9 Å². The smallest absolute Gasteiger partial charge is 0.262 e. The molecular weight excluding hydrogens is 362 g/mol. The lowest BCUT2D eigenvalue weighted by Crippen LogP contribution is -2.35. The molecule has 0 unspecified atom stereocenters. The van der Waals surface area contributed by atoms with Gasteiger partial charge in [0.1, 0.15) is 0 Å². The summed E-state index contributed by atoms with van der Waals surface area (Å²) in [5, 5.41) is 4.24. The molecule has 1 aromatic heterocycles. The van der Waals surface area contributed by atoms with E-state index >= 15 is 0 Å². The van der Waals surface area contributed by atoms with Crippen LogP contribution in [-0.2, 0) is 16.1 Å². The summed E-state index contributed by atoms with van der Waals surface area (Å²) in [6.45, 7) is 5.79. The summed E-state index contributed by atoms with van der Waals surface area (Å²) in [7, 11) is 0. The van der Waals surface area contributed by atoms with Crippen LogP contribution in [0.3, 0.4) is 0 Å². The van der Waals surface area contributed by atoms with Crippen molar-refractivity contribution < 1.29 is 9.53 Å². The number of hydrogen-bond acceptors (Lipinski definition) is 5. The number of hydrogen-bond donors (Lipinski definition) is 1. The second-order valence-corrected chi connectivity index (χ2v) is 7.84. The second-order valence-electron chi connectivity index (χ2n) is 6.90. The molecule has 0 saturated heterocycles. The number of carbonyl (C=O) groups excluding carboxylic acids is 1. The molecule has 6 nitrogen and oxygen atoms in total. The number of nitrogens with one attached hydrogen (secondary N) is 1. The maximum absolute atomic E-state index is 12.9. The maximum Gasteiger partial charge on any atom is 0.262 e. The summed E-state index contributed by atoms with van der Waals surface area (Å²) in [6, 6.07) is 7.56. The fourth-order valence-corrected chi connectivity index (χ4v) is 3.90. The Morgan fingerprint density at radius 2 is 2.19 bits per heavy atom. The fraction of sp³-hybridized carbons (Fsp3) is 0.550. The number of para-hydroxylation sites is 1. The first-order chi connectivity index (χ1) is 13.1. The minimum atomic E-state index is -0.0636. The van der Waals surface area contributed by atoms with Gasteiger partial charge in [-0.25, -0.2) is 4.98 Å². The van der Waals surface area contributed by atoms with E-state index in [0.29, 0.717) is 41.7 Å². The van der Waals surface area contributed by atoms with Gasteiger partial charge in [-0.3, -0.25) is 14.2 Å². The van der Waals surface area contributed by atoms with Gasteiger partial charge in [-0.05, 0) is 51.2 Å². The van der Waals surface area contributed by atoms with Gasteiger partial charge in [0.15, 0.2) is 5.16 Å². The Hall–Kier alpha value is -1.86. The van der Waals surface area contributed by atoms with E-state index in [9.17, 15) is 9.59 Å². The molecule has 7 heteroatoms. The Morgan fingerprint density at radius 1 is 1.41 bits per heavy atom. The van der Waals surface area contributed by atoms with Gasteiger partial charge < -0.3 is 10.1 Å². The van der Waals surface area contributed by atoms with Crippen molar-refractivity contribution in [3.8, 4) is 0 Å². The second kappa shape index (κ2) is 9.37. The molecule has 27 heavy (non-hydrogen) atoms. The normalized spacial score (nSPS) is 15.0. The molecule has 1 aliphatic rings. The van der Waals surface area contributed by atoms with Crippen LogP contribution in [0.15, 0.2) is 34.2 Å². The number of benzene rings is 1. The van der Waals surface area contributed by atoms with Crippen LogP contribution in [0.2, 0.25) is 0 Å². The summed E-state index contributed by atoms with van der Waals surface area (Å²) >= 11 is 1.32. The van der Waals surface area contributed by atoms with Crippen molar-refractivity contribution in [3.05, 3.63) is 34.6 Å². The Balaban J connectivity index is 1.74. The van der Waals surface area contributed by atoms with Crippen LogP contribution in [0.1, 0.15) is 33.1 Å². The lowest BCUT2D eigenvalue weighted by Gasteiger charge is -2.15. The molecule has 1 fully saturated rings. The Bertz CT molecular complexity index is 848. The average Bonchev–Trinajstić information content (AvgIpc) is 3.50. The molecule has 1 aromatic carbocycles. The van der Waals surface area contributed by atoms with Gasteiger partial charge in [-0.2, -0.15) is 0 Å². The highest BCUT2D eigenvalue weighted by molar-refractivity contribution is 7.99. The molecule has 0 bridgehead atoms. The molecule has 1 aliphatic carbocycles. The van der Waals surface area contributed by atoms with Gasteiger partial charge in [0.25, 0.3) is 5.56 Å². The molecule has 1 N–H and O–H groups in total. The van der Waals surface area contributed by atoms with E-state index in [1.165, 1.54) is 24.6 Å². The summed E-state index contributed by atoms with van der Waals surface area (Å²) < 4.78 is 7.06. The molecule has 2 aromatic rings. The van der Waals surface area contributed by atoms with Crippen LogP contribution in [0.4, 0.5) is 0 Å². The van der Waals surface area contributed by atoms with E-state index in [0.717, 1.165) is 6.42 Å².